The quantitative estimate of drug-likeness (QED) is 0.618. The highest BCUT2D eigenvalue weighted by Crippen LogP contribution is 2.38. The molecule has 0 spiro atoms. The van der Waals surface area contributed by atoms with E-state index in [0.29, 0.717) is 30.4 Å². The predicted octanol–water partition coefficient (Wildman–Crippen LogP) is 2.12. The van der Waals surface area contributed by atoms with Crippen molar-refractivity contribution in [2.24, 2.45) is 0 Å². The van der Waals surface area contributed by atoms with E-state index in [4.69, 9.17) is 9.26 Å². The Balaban J connectivity index is 2.02. The van der Waals surface area contributed by atoms with Crippen molar-refractivity contribution in [3.8, 4) is 6.07 Å². The summed E-state index contributed by atoms with van der Waals surface area (Å²) in [7, 11) is 1.62. The Kier molecular flexibility index (Phi) is 4.14. The zero-order valence-electron chi connectivity index (χ0n) is 13.2. The number of non-ortho nitro benzene ring substituents is 1. The minimum atomic E-state index is -0.522. The number of nitro benzene ring substituents is 1. The smallest absolute Gasteiger partial charge is 0.270 e. The van der Waals surface area contributed by atoms with Crippen LogP contribution in [0.25, 0.3) is 0 Å². The van der Waals surface area contributed by atoms with Crippen molar-refractivity contribution in [1.82, 2.24) is 10.1 Å². The summed E-state index contributed by atoms with van der Waals surface area (Å²) in [6, 6.07) is 6.00. The lowest BCUT2D eigenvalue weighted by Gasteiger charge is -2.24. The molecule has 1 aromatic heterocycles. The topological polar surface area (TPSA) is 118 Å². The van der Waals surface area contributed by atoms with E-state index in [0.717, 1.165) is 0 Å². The van der Waals surface area contributed by atoms with Gasteiger partial charge in [-0.05, 0) is 13.0 Å². The van der Waals surface area contributed by atoms with Crippen molar-refractivity contribution in [3.63, 3.8) is 0 Å². The van der Waals surface area contributed by atoms with Crippen LogP contribution in [0.2, 0.25) is 0 Å². The van der Waals surface area contributed by atoms with Crippen LogP contribution in [0.15, 0.2) is 22.7 Å². The number of hydrogen-bond acceptors (Lipinski definition) is 8. The van der Waals surface area contributed by atoms with Gasteiger partial charge in [0.2, 0.25) is 5.89 Å². The van der Waals surface area contributed by atoms with Crippen molar-refractivity contribution < 1.29 is 14.2 Å². The molecule has 124 valence electrons. The molecule has 0 bridgehead atoms. The fraction of sp³-hybridized carbons (Fsp3) is 0.400. The maximum absolute atomic E-state index is 10.9. The molecule has 9 nitrogen and oxygen atoms in total. The third-order valence-electron chi connectivity index (χ3n) is 4.05. The molecule has 9 heteroatoms. The maximum atomic E-state index is 10.9. The Morgan fingerprint density at radius 2 is 2.33 bits per heavy atom. The van der Waals surface area contributed by atoms with E-state index in [2.05, 4.69) is 10.1 Å². The number of ether oxygens (including phenoxy) is 1. The van der Waals surface area contributed by atoms with Crippen LogP contribution in [0.1, 0.15) is 29.7 Å². The number of hydrogen-bond donors (Lipinski definition) is 0. The molecule has 0 amide bonds. The Morgan fingerprint density at radius 1 is 1.54 bits per heavy atom. The Bertz CT molecular complexity index is 812. The van der Waals surface area contributed by atoms with Crippen LogP contribution in [0.5, 0.6) is 0 Å². The third kappa shape index (κ3) is 2.79. The van der Waals surface area contributed by atoms with Crippen LogP contribution in [-0.2, 0) is 4.74 Å². The van der Waals surface area contributed by atoms with Gasteiger partial charge in [0.25, 0.3) is 5.69 Å². The van der Waals surface area contributed by atoms with Crippen molar-refractivity contribution in [3.05, 3.63) is 45.6 Å². The Hall–Kier alpha value is -2.99. The average Bonchev–Trinajstić information content (AvgIpc) is 3.19. The fourth-order valence-corrected chi connectivity index (χ4v) is 2.89. The molecule has 2 unspecified atom stereocenters. The van der Waals surface area contributed by atoms with E-state index in [1.807, 2.05) is 11.0 Å². The fourth-order valence-electron chi connectivity index (χ4n) is 2.89. The molecule has 1 aliphatic rings. The van der Waals surface area contributed by atoms with Gasteiger partial charge in [-0.2, -0.15) is 10.2 Å². The van der Waals surface area contributed by atoms with Gasteiger partial charge in [-0.3, -0.25) is 10.1 Å². The minimum absolute atomic E-state index is 0.0658. The maximum Gasteiger partial charge on any atom is 0.270 e. The second-order valence-corrected chi connectivity index (χ2v) is 5.51. The van der Waals surface area contributed by atoms with Crippen molar-refractivity contribution >= 4 is 11.4 Å². The summed E-state index contributed by atoms with van der Waals surface area (Å²) >= 11 is 0. The van der Waals surface area contributed by atoms with E-state index in [9.17, 15) is 15.4 Å². The monoisotopic (exact) mass is 329 g/mol. The summed E-state index contributed by atoms with van der Waals surface area (Å²) in [5.74, 6) is 0.962. The molecule has 1 saturated heterocycles. The van der Waals surface area contributed by atoms with Crippen molar-refractivity contribution in [2.45, 2.75) is 25.5 Å². The summed E-state index contributed by atoms with van der Waals surface area (Å²) < 4.78 is 10.7. The molecule has 0 radical (unpaired) electrons. The lowest BCUT2D eigenvalue weighted by Crippen LogP contribution is -2.25. The molecule has 0 saturated carbocycles. The second-order valence-electron chi connectivity index (χ2n) is 5.51. The number of nitrogens with zero attached hydrogens (tertiary/aromatic N) is 5. The highest BCUT2D eigenvalue weighted by molar-refractivity contribution is 5.64. The normalized spacial score (nSPS) is 20.1. The highest BCUT2D eigenvalue weighted by atomic mass is 16.6. The van der Waals surface area contributed by atoms with Crippen LogP contribution in [0, 0.1) is 28.4 Å². The van der Waals surface area contributed by atoms with E-state index < -0.39 is 4.92 Å². The van der Waals surface area contributed by atoms with E-state index in [1.54, 1.807) is 20.1 Å². The first-order chi connectivity index (χ1) is 11.5. The third-order valence-corrected chi connectivity index (χ3v) is 4.05. The zero-order valence-corrected chi connectivity index (χ0v) is 13.2. The van der Waals surface area contributed by atoms with Gasteiger partial charge in [0.1, 0.15) is 12.1 Å². The van der Waals surface area contributed by atoms with Crippen molar-refractivity contribution in [1.29, 1.82) is 5.26 Å². The Labute approximate surface area is 137 Å². The number of methoxy groups -OCH3 is 1. The van der Waals surface area contributed by atoms with E-state index in [-0.39, 0.29) is 23.4 Å². The molecule has 2 heterocycles. The first kappa shape index (κ1) is 15.9. The first-order valence-corrected chi connectivity index (χ1v) is 7.31. The SMILES string of the molecule is COC1CC(c2nc(C)no2)N(c2ccc([N+](=O)[O-])cc2C#N)C1. The number of nitro groups is 1. The molecule has 1 aliphatic heterocycles. The molecular weight excluding hydrogens is 314 g/mol. The summed E-state index contributed by atoms with van der Waals surface area (Å²) in [5, 5.41) is 24.1. The second kappa shape index (κ2) is 6.25. The van der Waals surface area contributed by atoms with E-state index >= 15 is 0 Å². The van der Waals surface area contributed by atoms with Gasteiger partial charge in [0.15, 0.2) is 5.82 Å². The molecule has 24 heavy (non-hydrogen) atoms. The molecule has 3 rings (SSSR count). The molecule has 0 N–H and O–H groups in total. The summed E-state index contributed by atoms with van der Waals surface area (Å²) in [5.41, 5.74) is 0.689. The number of nitriles is 1. The van der Waals surface area contributed by atoms with Gasteiger partial charge in [0, 0.05) is 32.2 Å². The average molecular weight is 329 g/mol. The minimum Gasteiger partial charge on any atom is -0.380 e. The number of anilines is 1. The number of aryl methyl sites for hydroxylation is 1. The van der Waals surface area contributed by atoms with Gasteiger partial charge in [0.05, 0.1) is 22.3 Å². The molecule has 2 atom stereocenters. The number of aromatic nitrogens is 2. The summed E-state index contributed by atoms with van der Waals surface area (Å²) in [4.78, 5) is 16.6. The van der Waals surface area contributed by atoms with Gasteiger partial charge in [-0.15, -0.1) is 0 Å². The predicted molar refractivity (Wildman–Crippen MR) is 82.3 cm³/mol. The van der Waals surface area contributed by atoms with Crippen LogP contribution < -0.4 is 4.90 Å². The molecular formula is C15H15N5O4. The lowest BCUT2D eigenvalue weighted by molar-refractivity contribution is -0.384. The first-order valence-electron chi connectivity index (χ1n) is 7.31. The van der Waals surface area contributed by atoms with E-state index in [1.165, 1.54) is 12.1 Å². The summed E-state index contributed by atoms with van der Waals surface area (Å²) in [6.07, 6.45) is 0.559. The van der Waals surface area contributed by atoms with Gasteiger partial charge in [-0.25, -0.2) is 0 Å². The van der Waals surface area contributed by atoms with Gasteiger partial charge in [-0.1, -0.05) is 5.16 Å². The van der Waals surface area contributed by atoms with Crippen molar-refractivity contribution in [2.75, 3.05) is 18.6 Å². The van der Waals surface area contributed by atoms with Crippen LogP contribution in [0.3, 0.4) is 0 Å². The standard InChI is InChI=1S/C15H15N5O4/c1-9-17-15(24-18-9)14-6-12(23-2)8-19(14)13-4-3-11(20(21)22)5-10(13)7-16/h3-5,12,14H,6,8H2,1-2H3. The Morgan fingerprint density at radius 3 is 2.92 bits per heavy atom. The van der Waals surface area contributed by atoms with Gasteiger partial charge < -0.3 is 14.2 Å². The molecule has 0 aliphatic carbocycles. The summed E-state index contributed by atoms with van der Waals surface area (Å²) in [6.45, 7) is 2.25. The molecule has 2 aromatic rings. The highest BCUT2D eigenvalue weighted by Gasteiger charge is 2.38. The lowest BCUT2D eigenvalue weighted by atomic mass is 10.1. The van der Waals surface area contributed by atoms with Crippen LogP contribution in [-0.4, -0.2) is 34.8 Å². The molecule has 1 fully saturated rings. The van der Waals surface area contributed by atoms with Crippen LogP contribution in [0.4, 0.5) is 11.4 Å². The van der Waals surface area contributed by atoms with Crippen LogP contribution >= 0.6 is 0 Å². The van der Waals surface area contributed by atoms with Gasteiger partial charge >= 0.3 is 0 Å². The largest absolute Gasteiger partial charge is 0.380 e. The molecule has 1 aromatic carbocycles. The number of rotatable bonds is 4. The zero-order chi connectivity index (χ0) is 17.3. The number of benzene rings is 1.